The minimum Gasteiger partial charge on any atom is -0.460 e. The minimum atomic E-state index is -0.432. The van der Waals surface area contributed by atoms with E-state index in [1.165, 1.54) is 19.3 Å². The summed E-state index contributed by atoms with van der Waals surface area (Å²) >= 11 is 0. The predicted molar refractivity (Wildman–Crippen MR) is 58.0 cm³/mol. The minimum absolute atomic E-state index is 0.179. The van der Waals surface area contributed by atoms with Gasteiger partial charge in [-0.15, -0.1) is 5.10 Å². The Morgan fingerprint density at radius 2 is 2.31 bits per heavy atom. The molecule has 1 aromatic heterocycles. The van der Waals surface area contributed by atoms with Gasteiger partial charge in [0.1, 0.15) is 5.82 Å². The van der Waals surface area contributed by atoms with Gasteiger partial charge in [-0.1, -0.05) is 19.3 Å². The first-order valence-electron chi connectivity index (χ1n) is 5.77. The maximum Gasteiger partial charge on any atom is 0.378 e. The summed E-state index contributed by atoms with van der Waals surface area (Å²) in [7, 11) is 1.82. The first kappa shape index (κ1) is 11.1. The predicted octanol–water partition coefficient (Wildman–Crippen LogP) is 1.33. The second kappa shape index (κ2) is 4.63. The molecule has 0 aromatic carbocycles. The molecule has 1 aliphatic carbocycles. The van der Waals surface area contributed by atoms with Crippen LogP contribution >= 0.6 is 0 Å². The normalized spacial score (nSPS) is 15.9. The third-order valence-corrected chi connectivity index (χ3v) is 3.01. The smallest absolute Gasteiger partial charge is 0.378 e. The van der Waals surface area contributed by atoms with Crippen LogP contribution in [0.1, 0.15) is 42.6 Å². The Morgan fingerprint density at radius 1 is 1.56 bits per heavy atom. The van der Waals surface area contributed by atoms with Crippen molar-refractivity contribution in [1.29, 1.82) is 0 Å². The van der Waals surface area contributed by atoms with Crippen LogP contribution in [0.4, 0.5) is 0 Å². The van der Waals surface area contributed by atoms with Crippen molar-refractivity contribution in [3.05, 3.63) is 11.6 Å². The van der Waals surface area contributed by atoms with E-state index in [0.29, 0.717) is 6.61 Å². The lowest BCUT2D eigenvalue weighted by molar-refractivity contribution is 0.0511. The number of esters is 1. The van der Waals surface area contributed by atoms with E-state index < -0.39 is 5.97 Å². The van der Waals surface area contributed by atoms with E-state index >= 15 is 0 Å². The fraction of sp³-hybridized carbons (Fsp3) is 0.727. The zero-order valence-electron chi connectivity index (χ0n) is 9.77. The van der Waals surface area contributed by atoms with Gasteiger partial charge < -0.3 is 4.74 Å². The third kappa shape index (κ3) is 2.23. The number of hydrogen-bond acceptors (Lipinski definition) is 4. The van der Waals surface area contributed by atoms with Crippen molar-refractivity contribution in [2.24, 2.45) is 13.0 Å². The Hall–Kier alpha value is -1.39. The van der Waals surface area contributed by atoms with E-state index in [1.54, 1.807) is 11.6 Å². The van der Waals surface area contributed by atoms with Gasteiger partial charge in [-0.3, -0.25) is 4.68 Å². The van der Waals surface area contributed by atoms with E-state index in [2.05, 4.69) is 10.1 Å². The van der Waals surface area contributed by atoms with E-state index in [9.17, 15) is 4.79 Å². The number of carbonyl (C=O) groups is 1. The molecule has 0 bridgehead atoms. The molecule has 88 valence electrons. The topological polar surface area (TPSA) is 57.0 Å². The summed E-state index contributed by atoms with van der Waals surface area (Å²) in [4.78, 5) is 15.6. The van der Waals surface area contributed by atoms with Crippen LogP contribution in [0.3, 0.4) is 0 Å². The SMILES string of the molecule is CCOC(=O)c1nc(CC2CCC2)n(C)n1. The monoisotopic (exact) mass is 223 g/mol. The van der Waals surface area contributed by atoms with Crippen LogP contribution in [-0.2, 0) is 18.2 Å². The van der Waals surface area contributed by atoms with Crippen LogP contribution in [0.5, 0.6) is 0 Å². The molecule has 1 heterocycles. The maximum absolute atomic E-state index is 11.4. The van der Waals surface area contributed by atoms with Crippen LogP contribution in [0.25, 0.3) is 0 Å². The van der Waals surface area contributed by atoms with Crippen LogP contribution < -0.4 is 0 Å². The third-order valence-electron chi connectivity index (χ3n) is 3.01. The Labute approximate surface area is 94.8 Å². The van der Waals surface area contributed by atoms with Crippen molar-refractivity contribution >= 4 is 5.97 Å². The Kier molecular flexibility index (Phi) is 3.22. The number of rotatable bonds is 4. The molecule has 1 aliphatic rings. The van der Waals surface area contributed by atoms with Gasteiger partial charge in [0.25, 0.3) is 5.82 Å². The molecule has 0 atom stereocenters. The lowest BCUT2D eigenvalue weighted by Gasteiger charge is -2.24. The van der Waals surface area contributed by atoms with Gasteiger partial charge in [-0.25, -0.2) is 9.78 Å². The highest BCUT2D eigenvalue weighted by Crippen LogP contribution is 2.29. The van der Waals surface area contributed by atoms with Crippen molar-refractivity contribution in [2.75, 3.05) is 6.61 Å². The summed E-state index contributed by atoms with van der Waals surface area (Å²) in [6.07, 6.45) is 4.76. The molecule has 0 amide bonds. The molecule has 2 rings (SSSR count). The Bertz CT molecular complexity index is 383. The lowest BCUT2D eigenvalue weighted by atomic mass is 9.83. The molecule has 0 spiro atoms. The molecular weight excluding hydrogens is 206 g/mol. The molecular formula is C11H17N3O2. The standard InChI is InChI=1S/C11H17N3O2/c1-3-16-11(15)10-12-9(14(2)13-10)7-8-5-4-6-8/h8H,3-7H2,1-2H3. The zero-order chi connectivity index (χ0) is 11.5. The van der Waals surface area contributed by atoms with Gasteiger partial charge in [-0.2, -0.15) is 0 Å². The van der Waals surface area contributed by atoms with Crippen molar-refractivity contribution < 1.29 is 9.53 Å². The summed E-state index contributed by atoms with van der Waals surface area (Å²) in [5.74, 6) is 1.35. The van der Waals surface area contributed by atoms with Gasteiger partial charge in [0.15, 0.2) is 0 Å². The Balaban J connectivity index is 2.05. The zero-order valence-corrected chi connectivity index (χ0v) is 9.77. The summed E-state index contributed by atoms with van der Waals surface area (Å²) in [6.45, 7) is 2.13. The maximum atomic E-state index is 11.4. The molecule has 1 saturated carbocycles. The highest BCUT2D eigenvalue weighted by Gasteiger charge is 2.22. The molecule has 0 radical (unpaired) electrons. The van der Waals surface area contributed by atoms with Crippen molar-refractivity contribution in [3.63, 3.8) is 0 Å². The van der Waals surface area contributed by atoms with Crippen molar-refractivity contribution in [2.45, 2.75) is 32.6 Å². The number of aromatic nitrogens is 3. The van der Waals surface area contributed by atoms with Gasteiger partial charge in [0.2, 0.25) is 0 Å². The van der Waals surface area contributed by atoms with Crippen LogP contribution in [-0.4, -0.2) is 27.3 Å². The highest BCUT2D eigenvalue weighted by atomic mass is 16.5. The van der Waals surface area contributed by atoms with Crippen LogP contribution in [0.2, 0.25) is 0 Å². The van der Waals surface area contributed by atoms with Gasteiger partial charge in [0.05, 0.1) is 6.61 Å². The molecule has 0 N–H and O–H groups in total. The fourth-order valence-electron chi connectivity index (χ4n) is 1.83. The van der Waals surface area contributed by atoms with Crippen molar-refractivity contribution in [1.82, 2.24) is 14.8 Å². The average Bonchev–Trinajstić information content (AvgIpc) is 2.54. The number of nitrogens with zero attached hydrogens (tertiary/aromatic N) is 3. The number of ether oxygens (including phenoxy) is 1. The molecule has 0 saturated heterocycles. The van der Waals surface area contributed by atoms with E-state index in [1.807, 2.05) is 7.05 Å². The van der Waals surface area contributed by atoms with Crippen LogP contribution in [0.15, 0.2) is 0 Å². The van der Waals surface area contributed by atoms with Crippen molar-refractivity contribution in [3.8, 4) is 0 Å². The number of hydrogen-bond donors (Lipinski definition) is 0. The molecule has 0 aliphatic heterocycles. The molecule has 16 heavy (non-hydrogen) atoms. The van der Waals surface area contributed by atoms with E-state index in [0.717, 1.165) is 18.2 Å². The van der Waals surface area contributed by atoms with Gasteiger partial charge in [-0.05, 0) is 12.8 Å². The molecule has 1 aromatic rings. The second-order valence-electron chi connectivity index (χ2n) is 4.20. The molecule has 5 nitrogen and oxygen atoms in total. The molecule has 0 unspecified atom stereocenters. The Morgan fingerprint density at radius 3 is 2.88 bits per heavy atom. The molecule has 5 heteroatoms. The quantitative estimate of drug-likeness (QED) is 0.723. The summed E-state index contributed by atoms with van der Waals surface area (Å²) in [5.41, 5.74) is 0. The number of carbonyl (C=O) groups excluding carboxylic acids is 1. The van der Waals surface area contributed by atoms with E-state index in [-0.39, 0.29) is 5.82 Å². The summed E-state index contributed by atoms with van der Waals surface area (Å²) in [5, 5.41) is 4.07. The second-order valence-corrected chi connectivity index (χ2v) is 4.20. The molecule has 1 fully saturated rings. The van der Waals surface area contributed by atoms with Gasteiger partial charge >= 0.3 is 5.97 Å². The number of aryl methyl sites for hydroxylation is 1. The highest BCUT2D eigenvalue weighted by molar-refractivity contribution is 5.84. The van der Waals surface area contributed by atoms with Crippen LogP contribution in [0, 0.1) is 5.92 Å². The first-order valence-corrected chi connectivity index (χ1v) is 5.77. The van der Waals surface area contributed by atoms with E-state index in [4.69, 9.17) is 4.74 Å². The average molecular weight is 223 g/mol. The summed E-state index contributed by atoms with van der Waals surface area (Å²) < 4.78 is 6.55. The van der Waals surface area contributed by atoms with Gasteiger partial charge in [0, 0.05) is 13.5 Å². The largest absolute Gasteiger partial charge is 0.460 e. The first-order chi connectivity index (χ1) is 7.70. The lowest BCUT2D eigenvalue weighted by Crippen LogP contribution is -2.16. The summed E-state index contributed by atoms with van der Waals surface area (Å²) in [6, 6.07) is 0. The fourth-order valence-corrected chi connectivity index (χ4v) is 1.83.